The van der Waals surface area contributed by atoms with E-state index in [9.17, 15) is 13.6 Å². The lowest BCUT2D eigenvalue weighted by Crippen LogP contribution is -2.20. The first kappa shape index (κ1) is 18.4. The van der Waals surface area contributed by atoms with Gasteiger partial charge in [-0.25, -0.2) is 8.78 Å². The van der Waals surface area contributed by atoms with Crippen molar-refractivity contribution >= 4 is 11.6 Å². The molecule has 3 aromatic rings. The van der Waals surface area contributed by atoms with Crippen LogP contribution in [0.2, 0.25) is 0 Å². The quantitative estimate of drug-likeness (QED) is 0.664. The van der Waals surface area contributed by atoms with Crippen LogP contribution >= 0.6 is 0 Å². The molecule has 4 nitrogen and oxygen atoms in total. The summed E-state index contributed by atoms with van der Waals surface area (Å²) in [6, 6.07) is 19.4. The Balaban J connectivity index is 1.48. The Morgan fingerprint density at radius 1 is 0.852 bits per heavy atom. The number of hydrogen-bond donors (Lipinski definition) is 1. The van der Waals surface area contributed by atoms with E-state index in [1.807, 2.05) is 30.3 Å². The van der Waals surface area contributed by atoms with E-state index >= 15 is 0 Å². The summed E-state index contributed by atoms with van der Waals surface area (Å²) >= 11 is 0. The van der Waals surface area contributed by atoms with Gasteiger partial charge in [-0.3, -0.25) is 4.79 Å². The molecule has 0 radical (unpaired) electrons. The number of carbonyl (C=O) groups is 1. The standard InChI is InChI=1S/C21H17F2NO3/c22-16-6-11-19(23)20(12-16)24-21(25)14-27-18-9-7-17(8-10-18)26-13-15-4-2-1-3-5-15/h1-12H,13-14H2,(H,24,25). The van der Waals surface area contributed by atoms with Crippen molar-refractivity contribution in [1.29, 1.82) is 0 Å². The van der Waals surface area contributed by atoms with E-state index in [1.54, 1.807) is 24.3 Å². The van der Waals surface area contributed by atoms with Crippen LogP contribution in [0, 0.1) is 11.6 Å². The average Bonchev–Trinajstić information content (AvgIpc) is 2.69. The largest absolute Gasteiger partial charge is 0.489 e. The van der Waals surface area contributed by atoms with E-state index in [4.69, 9.17) is 9.47 Å². The van der Waals surface area contributed by atoms with Gasteiger partial charge in [0.15, 0.2) is 6.61 Å². The van der Waals surface area contributed by atoms with E-state index in [0.29, 0.717) is 18.1 Å². The highest BCUT2D eigenvalue weighted by atomic mass is 19.1. The van der Waals surface area contributed by atoms with Gasteiger partial charge < -0.3 is 14.8 Å². The first-order chi connectivity index (χ1) is 13.1. The Kier molecular flexibility index (Phi) is 5.99. The van der Waals surface area contributed by atoms with Gasteiger partial charge in [-0.1, -0.05) is 30.3 Å². The molecule has 1 N–H and O–H groups in total. The van der Waals surface area contributed by atoms with Crippen molar-refractivity contribution in [2.75, 3.05) is 11.9 Å². The summed E-state index contributed by atoms with van der Waals surface area (Å²) < 4.78 is 37.6. The number of carbonyl (C=O) groups excluding carboxylic acids is 1. The Hall–Kier alpha value is -3.41. The zero-order valence-electron chi connectivity index (χ0n) is 14.3. The molecule has 0 aliphatic rings. The fraction of sp³-hybridized carbons (Fsp3) is 0.0952. The van der Waals surface area contributed by atoms with E-state index in [-0.39, 0.29) is 12.3 Å². The van der Waals surface area contributed by atoms with E-state index in [1.165, 1.54) is 0 Å². The Bertz CT molecular complexity index is 899. The molecule has 0 heterocycles. The van der Waals surface area contributed by atoms with Gasteiger partial charge in [-0.15, -0.1) is 0 Å². The number of hydrogen-bond acceptors (Lipinski definition) is 3. The lowest BCUT2D eigenvalue weighted by Gasteiger charge is -2.10. The molecule has 27 heavy (non-hydrogen) atoms. The molecule has 138 valence electrons. The summed E-state index contributed by atoms with van der Waals surface area (Å²) in [6.45, 7) is 0.114. The fourth-order valence-electron chi connectivity index (χ4n) is 2.30. The second-order valence-electron chi connectivity index (χ2n) is 5.71. The highest BCUT2D eigenvalue weighted by Gasteiger charge is 2.09. The minimum Gasteiger partial charge on any atom is -0.489 e. The van der Waals surface area contributed by atoms with Gasteiger partial charge in [0, 0.05) is 6.07 Å². The molecule has 0 spiro atoms. The number of halogens is 2. The molecule has 0 bridgehead atoms. The normalized spacial score (nSPS) is 10.3. The van der Waals surface area contributed by atoms with Crippen LogP contribution in [0.4, 0.5) is 14.5 Å². The summed E-state index contributed by atoms with van der Waals surface area (Å²) in [5, 5.41) is 2.27. The van der Waals surface area contributed by atoms with Crippen molar-refractivity contribution in [3.63, 3.8) is 0 Å². The summed E-state index contributed by atoms with van der Waals surface area (Å²) in [7, 11) is 0. The van der Waals surface area contributed by atoms with Crippen molar-refractivity contribution in [2.24, 2.45) is 0 Å². The maximum atomic E-state index is 13.5. The van der Waals surface area contributed by atoms with E-state index in [2.05, 4.69) is 5.32 Å². The average molecular weight is 369 g/mol. The number of benzene rings is 3. The molecule has 0 saturated heterocycles. The number of ether oxygens (including phenoxy) is 2. The number of amides is 1. The monoisotopic (exact) mass is 369 g/mol. The van der Waals surface area contributed by atoms with Crippen LogP contribution in [0.5, 0.6) is 11.5 Å². The van der Waals surface area contributed by atoms with Gasteiger partial charge in [-0.2, -0.15) is 0 Å². The van der Waals surface area contributed by atoms with Crippen molar-refractivity contribution in [1.82, 2.24) is 0 Å². The minimum atomic E-state index is -0.718. The SMILES string of the molecule is O=C(COc1ccc(OCc2ccccc2)cc1)Nc1cc(F)ccc1F. The fourth-order valence-corrected chi connectivity index (χ4v) is 2.30. The molecule has 6 heteroatoms. The molecule has 0 unspecified atom stereocenters. The molecule has 0 fully saturated rings. The van der Waals surface area contributed by atoms with E-state index < -0.39 is 17.5 Å². The molecule has 0 aromatic heterocycles. The highest BCUT2D eigenvalue weighted by Crippen LogP contribution is 2.19. The third kappa shape index (κ3) is 5.54. The highest BCUT2D eigenvalue weighted by molar-refractivity contribution is 5.92. The van der Waals surface area contributed by atoms with Gasteiger partial charge in [0.2, 0.25) is 0 Å². The van der Waals surface area contributed by atoms with Crippen molar-refractivity contribution in [3.8, 4) is 11.5 Å². The van der Waals surface area contributed by atoms with Crippen LogP contribution in [0.25, 0.3) is 0 Å². The first-order valence-corrected chi connectivity index (χ1v) is 8.24. The summed E-state index contributed by atoms with van der Waals surface area (Å²) in [6.07, 6.45) is 0. The first-order valence-electron chi connectivity index (χ1n) is 8.24. The zero-order chi connectivity index (χ0) is 19.1. The third-order valence-electron chi connectivity index (χ3n) is 3.64. The molecule has 0 aliphatic carbocycles. The van der Waals surface area contributed by atoms with Crippen LogP contribution in [0.3, 0.4) is 0 Å². The summed E-state index contributed by atoms with van der Waals surface area (Å²) in [5.74, 6) is -0.832. The molecular formula is C21H17F2NO3. The second kappa shape index (κ2) is 8.80. The molecule has 1 amide bonds. The predicted molar refractivity (Wildman–Crippen MR) is 97.7 cm³/mol. The van der Waals surface area contributed by atoms with Gasteiger partial charge in [-0.05, 0) is 42.0 Å². The van der Waals surface area contributed by atoms with Crippen LogP contribution < -0.4 is 14.8 Å². The molecular weight excluding hydrogens is 352 g/mol. The maximum Gasteiger partial charge on any atom is 0.262 e. The lowest BCUT2D eigenvalue weighted by molar-refractivity contribution is -0.118. The van der Waals surface area contributed by atoms with Gasteiger partial charge in [0.25, 0.3) is 5.91 Å². The van der Waals surface area contributed by atoms with Gasteiger partial charge >= 0.3 is 0 Å². The topological polar surface area (TPSA) is 47.6 Å². The predicted octanol–water partition coefficient (Wildman–Crippen LogP) is 4.56. The Morgan fingerprint density at radius 2 is 1.52 bits per heavy atom. The number of rotatable bonds is 7. The van der Waals surface area contributed by atoms with E-state index in [0.717, 1.165) is 23.8 Å². The zero-order valence-corrected chi connectivity index (χ0v) is 14.3. The Labute approximate surface area is 155 Å². The number of nitrogens with one attached hydrogen (secondary N) is 1. The molecule has 0 saturated carbocycles. The molecule has 3 aromatic carbocycles. The molecule has 0 atom stereocenters. The summed E-state index contributed by atoms with van der Waals surface area (Å²) in [5.41, 5.74) is 0.826. The van der Waals surface area contributed by atoms with Gasteiger partial charge in [0.05, 0.1) is 5.69 Å². The molecule has 0 aliphatic heterocycles. The third-order valence-corrected chi connectivity index (χ3v) is 3.64. The van der Waals surface area contributed by atoms with Crippen LogP contribution in [0.15, 0.2) is 72.8 Å². The van der Waals surface area contributed by atoms with Crippen molar-refractivity contribution in [2.45, 2.75) is 6.61 Å². The second-order valence-corrected chi connectivity index (χ2v) is 5.71. The molecule has 3 rings (SSSR count). The van der Waals surface area contributed by atoms with Crippen molar-refractivity contribution < 1.29 is 23.0 Å². The van der Waals surface area contributed by atoms with Crippen molar-refractivity contribution in [3.05, 3.63) is 90.0 Å². The van der Waals surface area contributed by atoms with Crippen LogP contribution in [-0.4, -0.2) is 12.5 Å². The smallest absolute Gasteiger partial charge is 0.262 e. The van der Waals surface area contributed by atoms with Gasteiger partial charge in [0.1, 0.15) is 29.7 Å². The maximum absolute atomic E-state index is 13.5. The summed E-state index contributed by atoms with van der Waals surface area (Å²) in [4.78, 5) is 11.8. The van der Waals surface area contributed by atoms with Crippen LogP contribution in [-0.2, 0) is 11.4 Å². The minimum absolute atomic E-state index is 0.228. The Morgan fingerprint density at radius 3 is 2.22 bits per heavy atom. The lowest BCUT2D eigenvalue weighted by atomic mass is 10.2. The van der Waals surface area contributed by atoms with Crippen LogP contribution in [0.1, 0.15) is 5.56 Å². The number of anilines is 1.